The van der Waals surface area contributed by atoms with Gasteiger partial charge in [-0.1, -0.05) is 18.2 Å². The van der Waals surface area contributed by atoms with Gasteiger partial charge in [-0.25, -0.2) is 4.79 Å². The molecule has 2 N–H and O–H groups in total. The van der Waals surface area contributed by atoms with Crippen molar-refractivity contribution in [2.45, 2.75) is 52.2 Å². The van der Waals surface area contributed by atoms with Gasteiger partial charge in [0, 0.05) is 31.4 Å². The minimum absolute atomic E-state index is 0.196. The molecule has 1 amide bonds. The summed E-state index contributed by atoms with van der Waals surface area (Å²) in [6.45, 7) is 7.76. The van der Waals surface area contributed by atoms with Crippen LogP contribution in [0.15, 0.2) is 42.6 Å². The molecular weight excluding hydrogens is 350 g/mol. The van der Waals surface area contributed by atoms with Crippen LogP contribution >= 0.6 is 0 Å². The van der Waals surface area contributed by atoms with Crippen LogP contribution in [-0.2, 0) is 17.7 Å². The van der Waals surface area contributed by atoms with Crippen molar-refractivity contribution < 1.29 is 9.53 Å². The Kier molecular flexibility index (Phi) is 6.35. The highest BCUT2D eigenvalue weighted by Gasteiger charge is 2.26. The first-order chi connectivity index (χ1) is 13.3. The molecule has 1 saturated heterocycles. The minimum Gasteiger partial charge on any atom is -0.444 e. The fourth-order valence-corrected chi connectivity index (χ4v) is 3.60. The Bertz CT molecular complexity index is 805. The fraction of sp³-hybridized carbons (Fsp3) is 0.478. The predicted octanol–water partition coefficient (Wildman–Crippen LogP) is 4.40. The van der Waals surface area contributed by atoms with Gasteiger partial charge in [0.15, 0.2) is 0 Å². The summed E-state index contributed by atoms with van der Waals surface area (Å²) in [5.74, 6) is 0.581. The van der Waals surface area contributed by atoms with E-state index in [1.807, 2.05) is 37.9 Å². The van der Waals surface area contributed by atoms with Crippen LogP contribution in [0.5, 0.6) is 0 Å². The Morgan fingerprint density at radius 2 is 1.93 bits per heavy atom. The molecule has 2 aromatic rings. The van der Waals surface area contributed by atoms with Gasteiger partial charge in [0.1, 0.15) is 5.60 Å². The lowest BCUT2D eigenvalue weighted by molar-refractivity contribution is 0.0184. The van der Waals surface area contributed by atoms with Crippen molar-refractivity contribution >= 4 is 6.09 Å². The van der Waals surface area contributed by atoms with E-state index >= 15 is 0 Å². The molecule has 1 aromatic carbocycles. The molecule has 0 aliphatic carbocycles. The number of hydrogen-bond acceptors (Lipinski definition) is 4. The van der Waals surface area contributed by atoms with Crippen LogP contribution < -0.4 is 5.73 Å². The Balaban J connectivity index is 1.59. The molecule has 0 atom stereocenters. The number of rotatable bonds is 4. The second-order valence-electron chi connectivity index (χ2n) is 8.57. The second-order valence-corrected chi connectivity index (χ2v) is 8.57. The molecule has 28 heavy (non-hydrogen) atoms. The van der Waals surface area contributed by atoms with E-state index in [1.165, 1.54) is 5.56 Å². The van der Waals surface area contributed by atoms with Gasteiger partial charge in [0.2, 0.25) is 0 Å². The number of nitrogens with zero attached hydrogens (tertiary/aromatic N) is 2. The maximum atomic E-state index is 12.2. The molecular formula is C23H31N3O2. The Hall–Kier alpha value is -2.40. The minimum atomic E-state index is -0.441. The van der Waals surface area contributed by atoms with Gasteiger partial charge in [-0.2, -0.15) is 0 Å². The molecule has 2 heterocycles. The second kappa shape index (κ2) is 8.74. The summed E-state index contributed by atoms with van der Waals surface area (Å²) in [7, 11) is 0. The molecule has 0 saturated carbocycles. The largest absolute Gasteiger partial charge is 0.444 e. The number of likely N-dealkylation sites (tertiary alicyclic amines) is 1. The standard InChI is InChI=1S/C23H31N3O2/c1-23(2,3)28-22(27)26-11-8-17(9-12-26)13-18-5-4-6-20(14-18)21-15-19(16-24)7-10-25-21/h4-7,10,14-15,17H,8-9,11-13,16,24H2,1-3H3. The predicted molar refractivity (Wildman–Crippen MR) is 112 cm³/mol. The fourth-order valence-electron chi connectivity index (χ4n) is 3.60. The van der Waals surface area contributed by atoms with Crippen LogP contribution in [0.1, 0.15) is 44.7 Å². The average Bonchev–Trinajstić information content (AvgIpc) is 2.67. The van der Waals surface area contributed by atoms with Crippen LogP contribution in [0, 0.1) is 5.92 Å². The number of nitrogens with two attached hydrogens (primary N) is 1. The first-order valence-corrected chi connectivity index (χ1v) is 10.1. The summed E-state index contributed by atoms with van der Waals surface area (Å²) < 4.78 is 5.49. The van der Waals surface area contributed by atoms with Crippen molar-refractivity contribution in [2.24, 2.45) is 11.7 Å². The summed E-state index contributed by atoms with van der Waals surface area (Å²) in [4.78, 5) is 18.5. The number of carbonyl (C=O) groups excluding carboxylic acids is 1. The summed E-state index contributed by atoms with van der Waals surface area (Å²) in [5, 5.41) is 0. The molecule has 0 unspecified atom stereocenters. The Morgan fingerprint density at radius 1 is 1.18 bits per heavy atom. The third-order valence-corrected chi connectivity index (χ3v) is 5.07. The normalized spacial score (nSPS) is 15.5. The summed E-state index contributed by atoms with van der Waals surface area (Å²) in [5.41, 5.74) is 9.80. The molecule has 1 aromatic heterocycles. The van der Waals surface area contributed by atoms with Gasteiger partial charge < -0.3 is 15.4 Å². The van der Waals surface area contributed by atoms with Crippen molar-refractivity contribution in [2.75, 3.05) is 13.1 Å². The molecule has 1 aliphatic rings. The van der Waals surface area contributed by atoms with Crippen molar-refractivity contribution in [1.29, 1.82) is 0 Å². The number of benzene rings is 1. The molecule has 1 fully saturated rings. The molecule has 5 nitrogen and oxygen atoms in total. The van der Waals surface area contributed by atoms with Gasteiger partial charge in [0.25, 0.3) is 0 Å². The van der Waals surface area contributed by atoms with Crippen molar-refractivity contribution in [3.8, 4) is 11.3 Å². The van der Waals surface area contributed by atoms with Gasteiger partial charge >= 0.3 is 6.09 Å². The van der Waals surface area contributed by atoms with Crippen LogP contribution in [0.2, 0.25) is 0 Å². The lowest BCUT2D eigenvalue weighted by Gasteiger charge is -2.33. The van der Waals surface area contributed by atoms with Crippen LogP contribution in [0.4, 0.5) is 4.79 Å². The number of ether oxygens (including phenoxy) is 1. The van der Waals surface area contributed by atoms with Crippen LogP contribution in [0.25, 0.3) is 11.3 Å². The van der Waals surface area contributed by atoms with Gasteiger partial charge in [-0.05, 0) is 75.3 Å². The smallest absolute Gasteiger partial charge is 0.410 e. The number of aromatic nitrogens is 1. The van der Waals surface area contributed by atoms with Crippen molar-refractivity contribution in [3.63, 3.8) is 0 Å². The van der Waals surface area contributed by atoms with E-state index in [1.54, 1.807) is 0 Å². The number of pyridine rings is 1. The first-order valence-electron chi connectivity index (χ1n) is 10.1. The highest BCUT2D eigenvalue weighted by molar-refractivity contribution is 5.68. The zero-order chi connectivity index (χ0) is 20.1. The number of piperidine rings is 1. The SMILES string of the molecule is CC(C)(C)OC(=O)N1CCC(Cc2cccc(-c3cc(CN)ccn3)c2)CC1. The van der Waals surface area contributed by atoms with Crippen molar-refractivity contribution in [1.82, 2.24) is 9.88 Å². The Morgan fingerprint density at radius 3 is 2.61 bits per heavy atom. The van der Waals surface area contributed by atoms with Gasteiger partial charge in [-0.3, -0.25) is 4.98 Å². The third kappa shape index (κ3) is 5.55. The first kappa shape index (κ1) is 20.3. The number of carbonyl (C=O) groups is 1. The van der Waals surface area contributed by atoms with E-state index in [0.29, 0.717) is 12.5 Å². The Labute approximate surface area is 167 Å². The third-order valence-electron chi connectivity index (χ3n) is 5.07. The topological polar surface area (TPSA) is 68.5 Å². The lowest BCUT2D eigenvalue weighted by atomic mass is 9.89. The average molecular weight is 382 g/mol. The van der Waals surface area contributed by atoms with E-state index in [2.05, 4.69) is 35.3 Å². The van der Waals surface area contributed by atoms with Crippen molar-refractivity contribution in [3.05, 3.63) is 53.7 Å². The molecule has 1 aliphatic heterocycles. The number of amides is 1. The zero-order valence-electron chi connectivity index (χ0n) is 17.1. The number of hydrogen-bond donors (Lipinski definition) is 1. The molecule has 0 bridgehead atoms. The van der Waals surface area contributed by atoms with E-state index in [9.17, 15) is 4.79 Å². The maximum Gasteiger partial charge on any atom is 0.410 e. The van der Waals surface area contributed by atoms with Crippen LogP contribution in [0.3, 0.4) is 0 Å². The summed E-state index contributed by atoms with van der Waals surface area (Å²) in [6.07, 6.45) is 4.65. The van der Waals surface area contributed by atoms with E-state index in [4.69, 9.17) is 10.5 Å². The molecule has 5 heteroatoms. The molecule has 3 rings (SSSR count). The van der Waals surface area contributed by atoms with Gasteiger partial charge in [0.05, 0.1) is 5.69 Å². The highest BCUT2D eigenvalue weighted by atomic mass is 16.6. The summed E-state index contributed by atoms with van der Waals surface area (Å²) >= 11 is 0. The highest BCUT2D eigenvalue weighted by Crippen LogP contribution is 2.25. The monoisotopic (exact) mass is 381 g/mol. The maximum absolute atomic E-state index is 12.2. The van der Waals surface area contributed by atoms with E-state index in [0.717, 1.165) is 49.2 Å². The summed E-state index contributed by atoms with van der Waals surface area (Å²) in [6, 6.07) is 12.6. The van der Waals surface area contributed by atoms with E-state index in [-0.39, 0.29) is 6.09 Å². The van der Waals surface area contributed by atoms with Gasteiger partial charge in [-0.15, -0.1) is 0 Å². The lowest BCUT2D eigenvalue weighted by Crippen LogP contribution is -2.42. The molecule has 0 spiro atoms. The zero-order valence-corrected chi connectivity index (χ0v) is 17.1. The quantitative estimate of drug-likeness (QED) is 0.852. The van der Waals surface area contributed by atoms with E-state index < -0.39 is 5.60 Å². The molecule has 150 valence electrons. The molecule has 0 radical (unpaired) electrons. The van der Waals surface area contributed by atoms with Crippen LogP contribution in [-0.4, -0.2) is 34.7 Å².